The molecule has 0 aliphatic carbocycles. The SMILES string of the molecule is CC#CCNc1cc(C)c(F)cc1[N+](=O)[O-]. The maximum Gasteiger partial charge on any atom is 0.295 e. The van der Waals surface area contributed by atoms with E-state index in [0.29, 0.717) is 12.1 Å². The van der Waals surface area contributed by atoms with Gasteiger partial charge in [0.25, 0.3) is 5.69 Å². The Balaban J connectivity index is 3.07. The van der Waals surface area contributed by atoms with Crippen LogP contribution in [0.25, 0.3) is 0 Å². The smallest absolute Gasteiger partial charge is 0.295 e. The second-order valence-electron chi connectivity index (χ2n) is 3.16. The van der Waals surface area contributed by atoms with Crippen molar-refractivity contribution in [2.24, 2.45) is 0 Å². The van der Waals surface area contributed by atoms with Crippen molar-refractivity contribution in [3.05, 3.63) is 33.6 Å². The van der Waals surface area contributed by atoms with E-state index in [1.807, 2.05) is 0 Å². The van der Waals surface area contributed by atoms with Gasteiger partial charge in [-0.05, 0) is 25.5 Å². The molecule has 1 aromatic rings. The Labute approximate surface area is 92.6 Å². The van der Waals surface area contributed by atoms with Crippen molar-refractivity contribution in [2.75, 3.05) is 11.9 Å². The van der Waals surface area contributed by atoms with Gasteiger partial charge in [0.15, 0.2) is 0 Å². The largest absolute Gasteiger partial charge is 0.369 e. The summed E-state index contributed by atoms with van der Waals surface area (Å²) in [7, 11) is 0. The molecule has 16 heavy (non-hydrogen) atoms. The Morgan fingerprint density at radius 2 is 2.25 bits per heavy atom. The summed E-state index contributed by atoms with van der Waals surface area (Å²) in [4.78, 5) is 10.1. The lowest BCUT2D eigenvalue weighted by Gasteiger charge is -2.05. The van der Waals surface area contributed by atoms with E-state index in [-0.39, 0.29) is 11.4 Å². The Bertz CT molecular complexity index is 475. The summed E-state index contributed by atoms with van der Waals surface area (Å²) in [5.74, 6) is 4.79. The molecule has 0 bridgehead atoms. The van der Waals surface area contributed by atoms with E-state index < -0.39 is 10.7 Å². The number of nitro benzene ring substituents is 1. The fraction of sp³-hybridized carbons (Fsp3) is 0.273. The standard InChI is InChI=1S/C11H11FN2O2/c1-3-4-5-13-10-6-8(2)9(12)7-11(10)14(15)16/h6-7,13H,5H2,1-2H3. The minimum atomic E-state index is -0.621. The molecule has 4 nitrogen and oxygen atoms in total. The summed E-state index contributed by atoms with van der Waals surface area (Å²) >= 11 is 0. The van der Waals surface area contributed by atoms with Crippen molar-refractivity contribution in [3.8, 4) is 11.8 Å². The summed E-state index contributed by atoms with van der Waals surface area (Å²) in [6.07, 6.45) is 0. The van der Waals surface area contributed by atoms with Crippen LogP contribution in [0, 0.1) is 34.7 Å². The van der Waals surface area contributed by atoms with Crippen LogP contribution in [0.4, 0.5) is 15.8 Å². The summed E-state index contributed by atoms with van der Waals surface area (Å²) in [6.45, 7) is 3.52. The fourth-order valence-corrected chi connectivity index (χ4v) is 1.19. The molecule has 0 radical (unpaired) electrons. The molecule has 0 aliphatic rings. The topological polar surface area (TPSA) is 55.2 Å². The van der Waals surface area contributed by atoms with E-state index in [2.05, 4.69) is 17.2 Å². The van der Waals surface area contributed by atoms with Crippen molar-refractivity contribution < 1.29 is 9.31 Å². The number of nitrogens with one attached hydrogen (secondary N) is 1. The predicted octanol–water partition coefficient (Wildman–Crippen LogP) is 2.48. The first kappa shape index (κ1) is 12.0. The van der Waals surface area contributed by atoms with Crippen LogP contribution in [0.3, 0.4) is 0 Å². The van der Waals surface area contributed by atoms with Gasteiger partial charge in [-0.25, -0.2) is 4.39 Å². The van der Waals surface area contributed by atoms with Crippen molar-refractivity contribution >= 4 is 11.4 Å². The molecule has 0 heterocycles. The second-order valence-corrected chi connectivity index (χ2v) is 3.16. The molecule has 0 saturated carbocycles. The van der Waals surface area contributed by atoms with Crippen molar-refractivity contribution in [3.63, 3.8) is 0 Å². The molecule has 0 fully saturated rings. The van der Waals surface area contributed by atoms with Gasteiger partial charge in [-0.2, -0.15) is 0 Å². The normalized spacial score (nSPS) is 9.19. The Morgan fingerprint density at radius 1 is 1.56 bits per heavy atom. The third-order valence-corrected chi connectivity index (χ3v) is 2.02. The highest BCUT2D eigenvalue weighted by molar-refractivity contribution is 5.63. The summed E-state index contributed by atoms with van der Waals surface area (Å²) in [5.41, 5.74) is 0.366. The summed E-state index contributed by atoms with van der Waals surface area (Å²) in [6, 6.07) is 2.32. The minimum absolute atomic E-state index is 0.277. The van der Waals surface area contributed by atoms with Gasteiger partial charge in [0.05, 0.1) is 17.5 Å². The zero-order chi connectivity index (χ0) is 12.1. The van der Waals surface area contributed by atoms with Gasteiger partial charge in [-0.3, -0.25) is 10.1 Å². The number of anilines is 1. The van der Waals surface area contributed by atoms with E-state index in [0.717, 1.165) is 6.07 Å². The fourth-order valence-electron chi connectivity index (χ4n) is 1.19. The molecule has 0 aromatic heterocycles. The number of halogens is 1. The highest BCUT2D eigenvalue weighted by atomic mass is 19.1. The highest BCUT2D eigenvalue weighted by Gasteiger charge is 2.16. The minimum Gasteiger partial charge on any atom is -0.369 e. The third-order valence-electron chi connectivity index (χ3n) is 2.02. The van der Waals surface area contributed by atoms with E-state index in [1.165, 1.54) is 6.07 Å². The zero-order valence-corrected chi connectivity index (χ0v) is 9.00. The Morgan fingerprint density at radius 3 is 2.81 bits per heavy atom. The number of hydrogen-bond acceptors (Lipinski definition) is 3. The van der Waals surface area contributed by atoms with Crippen LogP contribution in [0.2, 0.25) is 0 Å². The Kier molecular flexibility index (Phi) is 3.84. The average molecular weight is 222 g/mol. The first-order valence-electron chi connectivity index (χ1n) is 4.64. The third kappa shape index (κ3) is 2.70. The zero-order valence-electron chi connectivity index (χ0n) is 9.00. The molecule has 0 atom stereocenters. The monoisotopic (exact) mass is 222 g/mol. The van der Waals surface area contributed by atoms with Gasteiger partial charge in [0.2, 0.25) is 0 Å². The molecule has 0 saturated heterocycles. The molecule has 1 aromatic carbocycles. The van der Waals surface area contributed by atoms with Crippen LogP contribution < -0.4 is 5.32 Å². The lowest BCUT2D eigenvalue weighted by molar-refractivity contribution is -0.384. The van der Waals surface area contributed by atoms with Crippen molar-refractivity contribution in [1.29, 1.82) is 0 Å². The first-order valence-corrected chi connectivity index (χ1v) is 4.64. The molecule has 0 spiro atoms. The van der Waals surface area contributed by atoms with Crippen LogP contribution >= 0.6 is 0 Å². The summed E-state index contributed by atoms with van der Waals surface area (Å²) < 4.78 is 13.1. The molecule has 0 amide bonds. The van der Waals surface area contributed by atoms with Crippen molar-refractivity contribution in [2.45, 2.75) is 13.8 Å². The average Bonchev–Trinajstić information content (AvgIpc) is 2.23. The molecule has 1 N–H and O–H groups in total. The van der Waals surface area contributed by atoms with E-state index in [1.54, 1.807) is 13.8 Å². The van der Waals surface area contributed by atoms with Crippen LogP contribution in [0.5, 0.6) is 0 Å². The van der Waals surface area contributed by atoms with Gasteiger partial charge >= 0.3 is 0 Å². The van der Waals surface area contributed by atoms with Gasteiger partial charge in [0.1, 0.15) is 11.5 Å². The van der Waals surface area contributed by atoms with E-state index in [4.69, 9.17) is 0 Å². The lowest BCUT2D eigenvalue weighted by Crippen LogP contribution is -2.03. The van der Waals surface area contributed by atoms with Crippen LogP contribution in [0.15, 0.2) is 12.1 Å². The molecule has 5 heteroatoms. The van der Waals surface area contributed by atoms with Gasteiger partial charge in [0, 0.05) is 0 Å². The number of rotatable bonds is 3. The molecule has 1 rings (SSSR count). The molecule has 0 unspecified atom stereocenters. The molecule has 84 valence electrons. The summed E-state index contributed by atoms with van der Waals surface area (Å²) in [5, 5.41) is 13.5. The number of aryl methyl sites for hydroxylation is 1. The highest BCUT2D eigenvalue weighted by Crippen LogP contribution is 2.27. The second kappa shape index (κ2) is 5.12. The predicted molar refractivity (Wildman–Crippen MR) is 59.7 cm³/mol. The molecule has 0 aliphatic heterocycles. The van der Waals surface area contributed by atoms with Gasteiger partial charge in [-0.1, -0.05) is 5.92 Å². The maximum absolute atomic E-state index is 13.1. The first-order chi connectivity index (χ1) is 7.56. The van der Waals surface area contributed by atoms with Crippen LogP contribution in [0.1, 0.15) is 12.5 Å². The number of nitro groups is 1. The van der Waals surface area contributed by atoms with Gasteiger partial charge < -0.3 is 5.32 Å². The van der Waals surface area contributed by atoms with E-state index in [9.17, 15) is 14.5 Å². The van der Waals surface area contributed by atoms with Crippen molar-refractivity contribution in [1.82, 2.24) is 0 Å². The van der Waals surface area contributed by atoms with Crippen LogP contribution in [-0.4, -0.2) is 11.5 Å². The number of benzene rings is 1. The lowest BCUT2D eigenvalue weighted by atomic mass is 10.2. The molecular formula is C11H11FN2O2. The van der Waals surface area contributed by atoms with E-state index >= 15 is 0 Å². The Hall–Kier alpha value is -2.09. The maximum atomic E-state index is 13.1. The number of hydrogen-bond donors (Lipinski definition) is 1. The van der Waals surface area contributed by atoms with Crippen LogP contribution in [-0.2, 0) is 0 Å². The molecular weight excluding hydrogens is 211 g/mol. The number of nitrogens with zero attached hydrogens (tertiary/aromatic N) is 1. The quantitative estimate of drug-likeness (QED) is 0.485. The van der Waals surface area contributed by atoms with Gasteiger partial charge in [-0.15, -0.1) is 5.92 Å².